The van der Waals surface area contributed by atoms with Crippen LogP contribution >= 0.6 is 0 Å². The van der Waals surface area contributed by atoms with E-state index in [-0.39, 0.29) is 18.1 Å². The van der Waals surface area contributed by atoms with E-state index < -0.39 is 17.2 Å². The Morgan fingerprint density at radius 3 is 2.31 bits per heavy atom. The van der Waals surface area contributed by atoms with Gasteiger partial charge in [-0.15, -0.1) is 0 Å². The first-order valence-corrected chi connectivity index (χ1v) is 13.3. The number of Topliss-reactive ketones (excluding diaryl/α,β-unsaturated/α-hetero) is 1. The molecule has 0 N–H and O–H groups in total. The van der Waals surface area contributed by atoms with Crippen LogP contribution in [0.3, 0.4) is 0 Å². The Labute approximate surface area is 229 Å². The van der Waals surface area contributed by atoms with E-state index in [1.807, 2.05) is 58.0 Å². The van der Waals surface area contributed by atoms with Gasteiger partial charge in [0.2, 0.25) is 0 Å². The van der Waals surface area contributed by atoms with Crippen molar-refractivity contribution in [1.29, 1.82) is 0 Å². The van der Waals surface area contributed by atoms with Crippen molar-refractivity contribution in [1.82, 2.24) is 4.57 Å². The third kappa shape index (κ3) is 6.62. The van der Waals surface area contributed by atoms with Gasteiger partial charge >= 0.3 is 0 Å². The topological polar surface area (TPSA) is 43.6 Å². The predicted octanol–water partition coefficient (Wildman–Crippen LogP) is 8.45. The summed E-state index contributed by atoms with van der Waals surface area (Å²) in [7, 11) is 0. The summed E-state index contributed by atoms with van der Waals surface area (Å²) in [6, 6.07) is 20.0. The summed E-state index contributed by atoms with van der Waals surface area (Å²) in [6.07, 6.45) is 0.518. The highest BCUT2D eigenvalue weighted by Crippen LogP contribution is 2.34. The number of aryl methyl sites for hydroxylation is 1. The molecular formula is C33H36F2N2O2. The fourth-order valence-electron chi connectivity index (χ4n) is 4.76. The molecule has 0 bridgehead atoms. The summed E-state index contributed by atoms with van der Waals surface area (Å²) in [4.78, 5) is 19.4. The minimum Gasteiger partial charge on any atom is -0.390 e. The molecular weight excluding hydrogens is 494 g/mol. The number of benzene rings is 3. The fraction of sp³-hybridized carbons (Fsp3) is 0.333. The van der Waals surface area contributed by atoms with E-state index >= 15 is 0 Å². The Kier molecular flexibility index (Phi) is 8.34. The molecule has 0 saturated carbocycles. The van der Waals surface area contributed by atoms with Crippen LogP contribution in [0.5, 0.6) is 0 Å². The van der Waals surface area contributed by atoms with Crippen molar-refractivity contribution in [3.05, 3.63) is 106 Å². The van der Waals surface area contributed by atoms with Crippen molar-refractivity contribution < 1.29 is 18.4 Å². The average molecular weight is 531 g/mol. The monoisotopic (exact) mass is 530 g/mol. The van der Waals surface area contributed by atoms with E-state index in [0.717, 1.165) is 39.5 Å². The van der Waals surface area contributed by atoms with E-state index in [1.165, 1.54) is 12.1 Å². The second kappa shape index (κ2) is 11.5. The second-order valence-corrected chi connectivity index (χ2v) is 11.3. The Balaban J connectivity index is 1.81. The van der Waals surface area contributed by atoms with Crippen LogP contribution in [0.25, 0.3) is 10.9 Å². The number of carbonyl (C=O) groups is 1. The molecule has 0 saturated heterocycles. The van der Waals surface area contributed by atoms with Crippen molar-refractivity contribution in [2.75, 3.05) is 0 Å². The van der Waals surface area contributed by atoms with Gasteiger partial charge in [-0.25, -0.2) is 8.78 Å². The Hall–Kier alpha value is -3.80. The zero-order valence-corrected chi connectivity index (χ0v) is 23.5. The maximum absolute atomic E-state index is 13.8. The molecule has 0 aliphatic rings. The average Bonchev–Trinajstić information content (AvgIpc) is 3.21. The zero-order valence-electron chi connectivity index (χ0n) is 23.5. The Morgan fingerprint density at radius 2 is 1.67 bits per heavy atom. The number of carbonyl (C=O) groups excluding carboxylic acids is 1. The summed E-state index contributed by atoms with van der Waals surface area (Å²) in [5, 5.41) is 5.22. The molecule has 4 rings (SSSR count). The number of rotatable bonds is 9. The first-order valence-electron chi connectivity index (χ1n) is 13.3. The standard InChI is InChI=1S/C33H36F2N2O2/c1-21(2)32-31(30(38)17-13-23-12-16-27(34)28(35)18-23)26-15-14-25(22(3)36-39-33(4,5)6)19-29(26)37(32)20-24-10-8-7-9-11-24/h7-12,14-16,18-19,21H,13,17,20H2,1-6H3/b36-22-. The molecule has 0 amide bonds. The van der Waals surface area contributed by atoms with Crippen molar-refractivity contribution in [2.45, 2.75) is 72.4 Å². The number of oxime groups is 1. The van der Waals surface area contributed by atoms with Crippen molar-refractivity contribution in [3.63, 3.8) is 0 Å². The highest BCUT2D eigenvalue weighted by molar-refractivity contribution is 6.11. The van der Waals surface area contributed by atoms with E-state index in [9.17, 15) is 13.6 Å². The van der Waals surface area contributed by atoms with Gasteiger partial charge in [0.1, 0.15) is 5.60 Å². The van der Waals surface area contributed by atoms with Crippen LogP contribution in [0.2, 0.25) is 0 Å². The van der Waals surface area contributed by atoms with Gasteiger partial charge in [0, 0.05) is 40.7 Å². The molecule has 6 heteroatoms. The van der Waals surface area contributed by atoms with Gasteiger partial charge in [-0.05, 0) is 69.4 Å². The predicted molar refractivity (Wildman–Crippen MR) is 154 cm³/mol. The van der Waals surface area contributed by atoms with Crippen LogP contribution in [0.4, 0.5) is 8.78 Å². The maximum Gasteiger partial charge on any atom is 0.165 e. The molecule has 0 aliphatic heterocycles. The third-order valence-electron chi connectivity index (χ3n) is 6.61. The third-order valence-corrected chi connectivity index (χ3v) is 6.61. The minimum atomic E-state index is -0.901. The van der Waals surface area contributed by atoms with Gasteiger partial charge in [0.05, 0.1) is 5.71 Å². The van der Waals surface area contributed by atoms with Gasteiger partial charge < -0.3 is 9.40 Å². The molecule has 1 aromatic heterocycles. The molecule has 0 fully saturated rings. The molecule has 1 heterocycles. The first-order chi connectivity index (χ1) is 18.4. The van der Waals surface area contributed by atoms with Crippen LogP contribution in [0.15, 0.2) is 71.9 Å². The minimum absolute atomic E-state index is 0.0190. The largest absolute Gasteiger partial charge is 0.390 e. The molecule has 0 unspecified atom stereocenters. The van der Waals surface area contributed by atoms with E-state index in [4.69, 9.17) is 4.84 Å². The summed E-state index contributed by atoms with van der Waals surface area (Å²) in [5.74, 6) is -1.74. The molecule has 204 valence electrons. The molecule has 39 heavy (non-hydrogen) atoms. The number of nitrogens with zero attached hydrogens (tertiary/aromatic N) is 2. The quantitative estimate of drug-likeness (QED) is 0.124. The van der Waals surface area contributed by atoms with E-state index in [2.05, 4.69) is 41.8 Å². The molecule has 4 nitrogen and oxygen atoms in total. The van der Waals surface area contributed by atoms with Crippen molar-refractivity contribution >= 4 is 22.4 Å². The Bertz CT molecular complexity index is 1510. The van der Waals surface area contributed by atoms with Gasteiger partial charge in [0.25, 0.3) is 0 Å². The van der Waals surface area contributed by atoms with Gasteiger partial charge in [0.15, 0.2) is 17.4 Å². The molecule has 0 atom stereocenters. The molecule has 4 aromatic rings. The van der Waals surface area contributed by atoms with E-state index in [0.29, 0.717) is 24.1 Å². The van der Waals surface area contributed by atoms with Gasteiger partial charge in [-0.2, -0.15) is 0 Å². The highest BCUT2D eigenvalue weighted by atomic mass is 19.2. The lowest BCUT2D eigenvalue weighted by molar-refractivity contribution is 0.000953. The number of fused-ring (bicyclic) bond motifs is 1. The van der Waals surface area contributed by atoms with Crippen LogP contribution < -0.4 is 0 Å². The number of halogens is 2. The molecule has 0 radical (unpaired) electrons. The lowest BCUT2D eigenvalue weighted by Gasteiger charge is -2.16. The molecule has 0 aliphatic carbocycles. The summed E-state index contributed by atoms with van der Waals surface area (Å²) in [6.45, 7) is 12.6. The van der Waals surface area contributed by atoms with Crippen LogP contribution in [-0.4, -0.2) is 21.7 Å². The number of aromatic nitrogens is 1. The summed E-state index contributed by atoms with van der Waals surface area (Å²) < 4.78 is 29.4. The SMILES string of the molecule is C/C(=N/OC(C)(C)C)c1ccc2c(C(=O)CCc3ccc(F)c(F)c3)c(C(C)C)n(Cc3ccccc3)c2c1. The highest BCUT2D eigenvalue weighted by Gasteiger charge is 2.25. The van der Waals surface area contributed by atoms with Crippen LogP contribution in [-0.2, 0) is 17.8 Å². The second-order valence-electron chi connectivity index (χ2n) is 11.3. The van der Waals surface area contributed by atoms with Crippen molar-refractivity contribution in [2.24, 2.45) is 5.16 Å². The first kappa shape index (κ1) is 28.2. The molecule has 3 aromatic carbocycles. The van der Waals surface area contributed by atoms with E-state index in [1.54, 1.807) is 0 Å². The number of hydrogen-bond acceptors (Lipinski definition) is 3. The molecule has 0 spiro atoms. The fourth-order valence-corrected chi connectivity index (χ4v) is 4.76. The zero-order chi connectivity index (χ0) is 28.3. The van der Waals surface area contributed by atoms with Gasteiger partial charge in [-0.3, -0.25) is 4.79 Å². The lowest BCUT2D eigenvalue weighted by Crippen LogP contribution is -2.16. The maximum atomic E-state index is 13.8. The normalized spacial score (nSPS) is 12.4. The number of ketones is 1. The summed E-state index contributed by atoms with van der Waals surface area (Å²) >= 11 is 0. The number of hydrogen-bond donors (Lipinski definition) is 0. The van der Waals surface area contributed by atoms with Gasteiger partial charge in [-0.1, -0.05) is 67.5 Å². The van der Waals surface area contributed by atoms with Crippen molar-refractivity contribution in [3.8, 4) is 0 Å². The summed E-state index contributed by atoms with van der Waals surface area (Å²) in [5.41, 5.74) is 5.56. The van der Waals surface area contributed by atoms with Crippen LogP contribution in [0.1, 0.15) is 86.6 Å². The Morgan fingerprint density at radius 1 is 0.949 bits per heavy atom. The van der Waals surface area contributed by atoms with Crippen LogP contribution in [0, 0.1) is 11.6 Å². The smallest absolute Gasteiger partial charge is 0.165 e. The lowest BCUT2D eigenvalue weighted by atomic mass is 9.95.